The molecular formula is C26H21N5OS. The number of thiocarbonyl (C=S) groups is 1. The molecule has 33 heavy (non-hydrogen) atoms. The van der Waals surface area contributed by atoms with E-state index in [1.165, 1.54) is 0 Å². The van der Waals surface area contributed by atoms with E-state index >= 15 is 0 Å². The topological polar surface area (TPSA) is 71.8 Å². The molecule has 7 heteroatoms. The minimum atomic E-state index is -0.256. The first-order chi connectivity index (χ1) is 16.0. The number of benzene rings is 4. The number of hydrogen-bond acceptors (Lipinski definition) is 4. The minimum Gasteiger partial charge on any atom is -0.332 e. The first-order valence-corrected chi connectivity index (χ1v) is 10.9. The van der Waals surface area contributed by atoms with Gasteiger partial charge in [-0.15, -0.1) is 15.0 Å². The van der Waals surface area contributed by atoms with Crippen molar-refractivity contribution in [1.29, 1.82) is 0 Å². The summed E-state index contributed by atoms with van der Waals surface area (Å²) in [7, 11) is 0. The molecular weight excluding hydrogens is 430 g/mol. The fourth-order valence-electron chi connectivity index (χ4n) is 3.73. The van der Waals surface area contributed by atoms with E-state index in [0.29, 0.717) is 5.56 Å². The van der Waals surface area contributed by atoms with Crippen molar-refractivity contribution in [2.45, 2.75) is 13.8 Å². The molecule has 5 aromatic rings. The minimum absolute atomic E-state index is 0.226. The van der Waals surface area contributed by atoms with Crippen LogP contribution in [-0.4, -0.2) is 26.0 Å². The van der Waals surface area contributed by atoms with Crippen LogP contribution in [0.15, 0.2) is 78.9 Å². The van der Waals surface area contributed by atoms with Gasteiger partial charge in [0.1, 0.15) is 11.0 Å². The maximum absolute atomic E-state index is 12.5. The largest absolute Gasteiger partial charge is 0.332 e. The summed E-state index contributed by atoms with van der Waals surface area (Å²) in [6, 6.07) is 25.4. The van der Waals surface area contributed by atoms with Gasteiger partial charge in [-0.25, -0.2) is 0 Å². The molecule has 1 heterocycles. The second-order valence-electron chi connectivity index (χ2n) is 7.92. The monoisotopic (exact) mass is 451 g/mol. The lowest BCUT2D eigenvalue weighted by Crippen LogP contribution is -2.34. The van der Waals surface area contributed by atoms with Crippen molar-refractivity contribution >= 4 is 50.7 Å². The van der Waals surface area contributed by atoms with Crippen LogP contribution < -0.4 is 10.6 Å². The van der Waals surface area contributed by atoms with Gasteiger partial charge in [0, 0.05) is 16.6 Å². The molecule has 0 aliphatic carbocycles. The number of aryl methyl sites for hydroxylation is 2. The Bertz CT molecular complexity index is 1520. The quantitative estimate of drug-likeness (QED) is 0.364. The van der Waals surface area contributed by atoms with Crippen LogP contribution in [0.3, 0.4) is 0 Å². The standard InChI is InChI=1S/C26H21N5OS/c1-16-10-12-19(13-11-16)25(32)28-26(33)27-21-15-23-22(14-17(21)2)29-31(30-23)24-9-5-7-18-6-3-4-8-20(18)24/h3-15H,1-2H3,(H2,27,28,32,33). The zero-order chi connectivity index (χ0) is 22.9. The summed E-state index contributed by atoms with van der Waals surface area (Å²) in [5.41, 5.74) is 5.77. The van der Waals surface area contributed by atoms with Gasteiger partial charge in [0.15, 0.2) is 5.11 Å². The van der Waals surface area contributed by atoms with E-state index in [9.17, 15) is 4.79 Å². The molecule has 162 valence electrons. The number of carbonyl (C=O) groups excluding carboxylic acids is 1. The van der Waals surface area contributed by atoms with Gasteiger partial charge in [0.05, 0.1) is 5.69 Å². The molecule has 0 radical (unpaired) electrons. The Morgan fingerprint density at radius 2 is 1.58 bits per heavy atom. The van der Waals surface area contributed by atoms with Crippen molar-refractivity contribution in [2.24, 2.45) is 0 Å². The van der Waals surface area contributed by atoms with Crippen LogP contribution in [0.25, 0.3) is 27.5 Å². The van der Waals surface area contributed by atoms with Crippen LogP contribution in [0.1, 0.15) is 21.5 Å². The maximum Gasteiger partial charge on any atom is 0.257 e. The second kappa shape index (κ2) is 8.44. The normalized spacial score (nSPS) is 11.0. The lowest BCUT2D eigenvalue weighted by Gasteiger charge is -2.11. The SMILES string of the molecule is Cc1ccc(C(=O)NC(=S)Nc2cc3nn(-c4cccc5ccccc45)nc3cc2C)cc1. The van der Waals surface area contributed by atoms with Gasteiger partial charge in [-0.05, 0) is 67.3 Å². The summed E-state index contributed by atoms with van der Waals surface area (Å²) in [5, 5.41) is 17.7. The van der Waals surface area contributed by atoms with E-state index in [-0.39, 0.29) is 11.0 Å². The number of rotatable bonds is 3. The van der Waals surface area contributed by atoms with Crippen molar-refractivity contribution in [3.8, 4) is 5.69 Å². The van der Waals surface area contributed by atoms with Gasteiger partial charge < -0.3 is 5.32 Å². The summed E-state index contributed by atoms with van der Waals surface area (Å²) in [6.45, 7) is 3.94. The summed E-state index contributed by atoms with van der Waals surface area (Å²) in [6.07, 6.45) is 0. The predicted molar refractivity (Wildman–Crippen MR) is 136 cm³/mol. The predicted octanol–water partition coefficient (Wildman–Crippen LogP) is 5.32. The van der Waals surface area contributed by atoms with Crippen molar-refractivity contribution in [3.05, 3.63) is 95.6 Å². The van der Waals surface area contributed by atoms with E-state index in [4.69, 9.17) is 17.3 Å². The number of nitrogens with zero attached hydrogens (tertiary/aromatic N) is 3. The molecule has 0 unspecified atom stereocenters. The summed E-state index contributed by atoms with van der Waals surface area (Å²) < 4.78 is 0. The second-order valence-corrected chi connectivity index (χ2v) is 8.33. The lowest BCUT2D eigenvalue weighted by molar-refractivity contribution is 0.0977. The Balaban J connectivity index is 1.40. The molecule has 0 atom stereocenters. The van der Waals surface area contributed by atoms with Crippen molar-refractivity contribution in [2.75, 3.05) is 5.32 Å². The molecule has 0 fully saturated rings. The fourth-order valence-corrected chi connectivity index (χ4v) is 3.93. The van der Waals surface area contributed by atoms with Gasteiger partial charge in [-0.3, -0.25) is 10.1 Å². The molecule has 0 aliphatic rings. The molecule has 6 nitrogen and oxygen atoms in total. The van der Waals surface area contributed by atoms with Gasteiger partial charge in [0.25, 0.3) is 5.91 Å². The highest BCUT2D eigenvalue weighted by Gasteiger charge is 2.13. The van der Waals surface area contributed by atoms with E-state index < -0.39 is 0 Å². The molecule has 0 bridgehead atoms. The molecule has 5 rings (SSSR count). The highest BCUT2D eigenvalue weighted by atomic mass is 32.1. The highest BCUT2D eigenvalue weighted by Crippen LogP contribution is 2.25. The molecule has 4 aromatic carbocycles. The van der Waals surface area contributed by atoms with Crippen LogP contribution in [-0.2, 0) is 0 Å². The van der Waals surface area contributed by atoms with E-state index in [1.807, 2.05) is 62.4 Å². The summed E-state index contributed by atoms with van der Waals surface area (Å²) in [5.74, 6) is -0.256. The van der Waals surface area contributed by atoms with Crippen LogP contribution in [0, 0.1) is 13.8 Å². The zero-order valence-corrected chi connectivity index (χ0v) is 19.0. The number of amides is 1. The molecule has 1 amide bonds. The molecule has 2 N–H and O–H groups in total. The van der Waals surface area contributed by atoms with Gasteiger partial charge in [-0.2, -0.15) is 0 Å². The number of hydrogen-bond donors (Lipinski definition) is 2. The highest BCUT2D eigenvalue weighted by molar-refractivity contribution is 7.80. The summed E-state index contributed by atoms with van der Waals surface area (Å²) >= 11 is 5.37. The third-order valence-corrected chi connectivity index (χ3v) is 5.70. The van der Waals surface area contributed by atoms with E-state index in [2.05, 4.69) is 33.9 Å². The van der Waals surface area contributed by atoms with Crippen LogP contribution >= 0.6 is 12.2 Å². The first kappa shape index (κ1) is 20.8. The van der Waals surface area contributed by atoms with Crippen molar-refractivity contribution in [3.63, 3.8) is 0 Å². The van der Waals surface area contributed by atoms with Crippen LogP contribution in [0.4, 0.5) is 5.69 Å². The van der Waals surface area contributed by atoms with Gasteiger partial charge in [0.2, 0.25) is 0 Å². The Morgan fingerprint density at radius 3 is 2.36 bits per heavy atom. The first-order valence-electron chi connectivity index (χ1n) is 10.5. The lowest BCUT2D eigenvalue weighted by atomic mass is 10.1. The smallest absolute Gasteiger partial charge is 0.257 e. The van der Waals surface area contributed by atoms with Gasteiger partial charge >= 0.3 is 0 Å². The summed E-state index contributed by atoms with van der Waals surface area (Å²) in [4.78, 5) is 14.1. The number of carbonyl (C=O) groups is 1. The molecule has 0 spiro atoms. The third-order valence-electron chi connectivity index (χ3n) is 5.50. The van der Waals surface area contributed by atoms with Crippen LogP contribution in [0.5, 0.6) is 0 Å². The number of anilines is 1. The Labute approximate surface area is 196 Å². The molecule has 0 aliphatic heterocycles. The van der Waals surface area contributed by atoms with Crippen molar-refractivity contribution < 1.29 is 4.79 Å². The van der Waals surface area contributed by atoms with Crippen LogP contribution in [0.2, 0.25) is 0 Å². The zero-order valence-electron chi connectivity index (χ0n) is 18.2. The maximum atomic E-state index is 12.5. The molecule has 0 saturated heterocycles. The number of aromatic nitrogens is 3. The fraction of sp³-hybridized carbons (Fsp3) is 0.0769. The molecule has 0 saturated carbocycles. The number of nitrogens with one attached hydrogen (secondary N) is 2. The van der Waals surface area contributed by atoms with Gasteiger partial charge in [-0.1, -0.05) is 54.1 Å². The van der Waals surface area contributed by atoms with E-state index in [1.54, 1.807) is 16.9 Å². The molecule has 1 aromatic heterocycles. The van der Waals surface area contributed by atoms with E-state index in [0.717, 1.165) is 44.3 Å². The van der Waals surface area contributed by atoms with Crippen molar-refractivity contribution in [1.82, 2.24) is 20.3 Å². The third kappa shape index (κ3) is 4.18. The Hall–Kier alpha value is -4.10. The average Bonchev–Trinajstić information content (AvgIpc) is 3.21. The Kier molecular flexibility index (Phi) is 5.32. The average molecular weight is 452 g/mol. The Morgan fingerprint density at radius 1 is 0.879 bits per heavy atom. The number of fused-ring (bicyclic) bond motifs is 2.